The van der Waals surface area contributed by atoms with E-state index in [0.717, 1.165) is 23.1 Å². The third-order valence-corrected chi connectivity index (χ3v) is 9.22. The summed E-state index contributed by atoms with van der Waals surface area (Å²) in [5, 5.41) is 10.7. The van der Waals surface area contributed by atoms with Gasteiger partial charge in [-0.2, -0.15) is 0 Å². The lowest BCUT2D eigenvalue weighted by Gasteiger charge is -2.10. The van der Waals surface area contributed by atoms with Crippen LogP contribution in [0.5, 0.6) is 0 Å². The number of unbranched alkanes of at least 4 members (excludes halogenated alkanes) is 24. The molecule has 0 saturated carbocycles. The van der Waals surface area contributed by atoms with Gasteiger partial charge in [0.05, 0.1) is 0 Å². The summed E-state index contributed by atoms with van der Waals surface area (Å²) in [5.41, 5.74) is 0. The zero-order valence-corrected chi connectivity index (χ0v) is 28.7. The second-order valence-corrected chi connectivity index (χ2v) is 13.1. The zero-order valence-electron chi connectivity index (χ0n) is 27.9. The van der Waals surface area contributed by atoms with E-state index in [1.165, 1.54) is 154 Å². The van der Waals surface area contributed by atoms with Crippen molar-refractivity contribution in [3.63, 3.8) is 0 Å². The summed E-state index contributed by atoms with van der Waals surface area (Å²) in [6, 6.07) is 0. The standard InChI is InChI=1S/C36H68N4S/c1-5-7-9-11-13-15-17-19-21-23-25-27-29-31-33-39(3)35-37-38-36(41-35)40(4)34-32-30-28-26-24-22-20-18-16-14-12-10-8-6-2/h31-34H,5-30H2,1-4H3/b33-31+,34-32+. The molecule has 0 aliphatic carbocycles. The molecular formula is C36H68N4S. The Bertz CT molecular complexity index is 670. The molecule has 0 radical (unpaired) electrons. The molecule has 238 valence electrons. The largest absolute Gasteiger partial charge is 0.326 e. The Morgan fingerprint density at radius 3 is 1.00 bits per heavy atom. The number of anilines is 2. The maximum Gasteiger partial charge on any atom is 0.213 e. The monoisotopic (exact) mass is 589 g/mol. The molecule has 0 aliphatic heterocycles. The van der Waals surface area contributed by atoms with Gasteiger partial charge in [0.2, 0.25) is 10.3 Å². The number of nitrogens with zero attached hydrogens (tertiary/aromatic N) is 4. The topological polar surface area (TPSA) is 32.3 Å². The van der Waals surface area contributed by atoms with E-state index >= 15 is 0 Å². The molecular weight excluding hydrogens is 520 g/mol. The van der Waals surface area contributed by atoms with Crippen LogP contribution in [-0.2, 0) is 0 Å². The summed E-state index contributed by atoms with van der Waals surface area (Å²) in [7, 11) is 4.15. The Morgan fingerprint density at radius 2 is 0.707 bits per heavy atom. The van der Waals surface area contributed by atoms with Gasteiger partial charge in [-0.1, -0.05) is 179 Å². The predicted molar refractivity (Wildman–Crippen MR) is 186 cm³/mol. The highest BCUT2D eigenvalue weighted by atomic mass is 32.1. The van der Waals surface area contributed by atoms with Gasteiger partial charge in [-0.15, -0.1) is 10.2 Å². The second-order valence-electron chi connectivity index (χ2n) is 12.2. The fourth-order valence-electron chi connectivity index (χ4n) is 5.29. The van der Waals surface area contributed by atoms with E-state index in [4.69, 9.17) is 0 Å². The van der Waals surface area contributed by atoms with Crippen molar-refractivity contribution >= 4 is 21.6 Å². The molecule has 0 aromatic carbocycles. The van der Waals surface area contributed by atoms with Crippen molar-refractivity contribution in [2.75, 3.05) is 23.9 Å². The molecule has 41 heavy (non-hydrogen) atoms. The summed E-state index contributed by atoms with van der Waals surface area (Å²) < 4.78 is 0. The first kappa shape index (κ1) is 37.7. The smallest absolute Gasteiger partial charge is 0.213 e. The quantitative estimate of drug-likeness (QED) is 0.0837. The molecule has 0 spiro atoms. The van der Waals surface area contributed by atoms with Gasteiger partial charge in [-0.05, 0) is 25.7 Å². The number of hydrogen-bond acceptors (Lipinski definition) is 5. The van der Waals surface area contributed by atoms with Gasteiger partial charge in [0.15, 0.2) is 0 Å². The predicted octanol–water partition coefficient (Wildman–Crippen LogP) is 12.6. The van der Waals surface area contributed by atoms with E-state index in [-0.39, 0.29) is 0 Å². The lowest BCUT2D eigenvalue weighted by atomic mass is 10.0. The van der Waals surface area contributed by atoms with E-state index in [1.807, 2.05) is 0 Å². The SMILES string of the molecule is CCCCCCCCCCCCCC/C=C/N(C)c1nnc(N(C)/C=C/CCCCCCCCCCCCCC)s1. The molecule has 0 bridgehead atoms. The molecule has 0 saturated heterocycles. The van der Waals surface area contributed by atoms with Gasteiger partial charge in [0.1, 0.15) is 0 Å². The van der Waals surface area contributed by atoms with E-state index in [2.05, 4.69) is 72.5 Å². The number of aromatic nitrogens is 2. The van der Waals surface area contributed by atoms with Crippen molar-refractivity contribution in [3.05, 3.63) is 24.6 Å². The van der Waals surface area contributed by atoms with E-state index < -0.39 is 0 Å². The number of allylic oxidation sites excluding steroid dienone is 2. The van der Waals surface area contributed by atoms with Crippen molar-refractivity contribution in [1.29, 1.82) is 0 Å². The van der Waals surface area contributed by atoms with Crippen LogP contribution in [-0.4, -0.2) is 24.3 Å². The van der Waals surface area contributed by atoms with Crippen molar-refractivity contribution in [2.24, 2.45) is 0 Å². The molecule has 0 unspecified atom stereocenters. The Balaban J connectivity index is 2.02. The molecule has 0 fully saturated rings. The Labute approximate surface area is 260 Å². The first-order valence-electron chi connectivity index (χ1n) is 17.8. The van der Waals surface area contributed by atoms with Crippen LogP contribution in [0.2, 0.25) is 0 Å². The minimum absolute atomic E-state index is 0.951. The van der Waals surface area contributed by atoms with Gasteiger partial charge >= 0.3 is 0 Å². The third-order valence-electron chi connectivity index (χ3n) is 8.11. The molecule has 1 aromatic rings. The Hall–Kier alpha value is -1.36. The zero-order chi connectivity index (χ0) is 29.6. The van der Waals surface area contributed by atoms with Gasteiger partial charge in [-0.3, -0.25) is 0 Å². The minimum atomic E-state index is 0.951. The van der Waals surface area contributed by atoms with Gasteiger partial charge in [-0.25, -0.2) is 0 Å². The van der Waals surface area contributed by atoms with Crippen molar-refractivity contribution in [1.82, 2.24) is 10.2 Å². The normalized spacial score (nSPS) is 11.8. The Morgan fingerprint density at radius 1 is 0.439 bits per heavy atom. The van der Waals surface area contributed by atoms with Crippen LogP contribution in [0.25, 0.3) is 0 Å². The summed E-state index contributed by atoms with van der Waals surface area (Å²) >= 11 is 1.65. The van der Waals surface area contributed by atoms with Crippen LogP contribution in [0, 0.1) is 0 Å². The Kier molecular flexibility index (Phi) is 26.4. The molecule has 1 rings (SSSR count). The molecule has 0 atom stereocenters. The van der Waals surface area contributed by atoms with Gasteiger partial charge in [0, 0.05) is 26.5 Å². The summed E-state index contributed by atoms with van der Waals surface area (Å²) in [6.07, 6.45) is 44.9. The van der Waals surface area contributed by atoms with E-state index in [1.54, 1.807) is 11.3 Å². The average molecular weight is 589 g/mol. The van der Waals surface area contributed by atoms with Crippen LogP contribution in [0.1, 0.15) is 181 Å². The van der Waals surface area contributed by atoms with Crippen LogP contribution >= 0.6 is 11.3 Å². The number of hydrogen-bond donors (Lipinski definition) is 0. The van der Waals surface area contributed by atoms with Gasteiger partial charge < -0.3 is 9.80 Å². The molecule has 5 heteroatoms. The summed E-state index contributed by atoms with van der Waals surface area (Å²) in [6.45, 7) is 4.59. The maximum absolute atomic E-state index is 4.41. The molecule has 0 N–H and O–H groups in total. The van der Waals surface area contributed by atoms with Gasteiger partial charge in [0.25, 0.3) is 0 Å². The highest BCUT2D eigenvalue weighted by Crippen LogP contribution is 2.26. The fraction of sp³-hybridized carbons (Fsp3) is 0.833. The molecule has 1 aromatic heterocycles. The fourth-order valence-corrected chi connectivity index (χ4v) is 6.03. The highest BCUT2D eigenvalue weighted by Gasteiger charge is 2.09. The molecule has 0 aliphatic rings. The summed E-state index contributed by atoms with van der Waals surface area (Å²) in [4.78, 5) is 4.21. The van der Waals surface area contributed by atoms with Crippen molar-refractivity contribution < 1.29 is 0 Å². The first-order chi connectivity index (χ1) is 20.2. The van der Waals surface area contributed by atoms with Crippen molar-refractivity contribution in [2.45, 2.75) is 181 Å². The minimum Gasteiger partial charge on any atom is -0.326 e. The van der Waals surface area contributed by atoms with Crippen LogP contribution in [0.4, 0.5) is 10.3 Å². The summed E-state index contributed by atoms with van der Waals surface area (Å²) in [5.74, 6) is 0. The van der Waals surface area contributed by atoms with Crippen LogP contribution in [0.3, 0.4) is 0 Å². The number of rotatable bonds is 30. The first-order valence-corrected chi connectivity index (χ1v) is 18.6. The molecule has 0 amide bonds. The van der Waals surface area contributed by atoms with E-state index in [0.29, 0.717) is 0 Å². The average Bonchev–Trinajstić information content (AvgIpc) is 3.48. The van der Waals surface area contributed by atoms with Crippen LogP contribution in [0.15, 0.2) is 24.6 Å². The maximum atomic E-state index is 4.41. The second kappa shape index (κ2) is 28.7. The molecule has 1 heterocycles. The molecule has 4 nitrogen and oxygen atoms in total. The van der Waals surface area contributed by atoms with Crippen LogP contribution < -0.4 is 9.80 Å². The lowest BCUT2D eigenvalue weighted by Crippen LogP contribution is -2.07. The van der Waals surface area contributed by atoms with Crippen molar-refractivity contribution in [3.8, 4) is 0 Å². The lowest BCUT2D eigenvalue weighted by molar-refractivity contribution is 0.545. The van der Waals surface area contributed by atoms with E-state index in [9.17, 15) is 0 Å². The highest BCUT2D eigenvalue weighted by molar-refractivity contribution is 7.19. The third kappa shape index (κ3) is 22.9.